The number of nitrogens with zero attached hydrogens (tertiary/aromatic N) is 2. The molecule has 2 N–H and O–H groups in total. The van der Waals surface area contributed by atoms with Crippen LogP contribution in [0, 0.1) is 0 Å². The molecule has 0 aliphatic rings. The van der Waals surface area contributed by atoms with E-state index in [4.69, 9.17) is 0 Å². The maximum atomic E-state index is 12.1. The van der Waals surface area contributed by atoms with Gasteiger partial charge in [0.05, 0.1) is 12.8 Å². The largest absolute Gasteiger partial charge is 0.376 e. The van der Waals surface area contributed by atoms with E-state index in [1.165, 1.54) is 11.1 Å². The summed E-state index contributed by atoms with van der Waals surface area (Å²) in [7, 11) is 0. The molecule has 156 valence electrons. The number of carbonyl (C=O) groups is 1. The highest BCUT2D eigenvalue weighted by Crippen LogP contribution is 2.18. The molecule has 30 heavy (non-hydrogen) atoms. The summed E-state index contributed by atoms with van der Waals surface area (Å²) in [6, 6.07) is 22.5. The number of hydrogen-bond donors (Lipinski definition) is 2. The first kappa shape index (κ1) is 21.4. The van der Waals surface area contributed by atoms with Crippen LogP contribution in [0.1, 0.15) is 32.3 Å². The normalized spacial score (nSPS) is 11.0. The van der Waals surface area contributed by atoms with Crippen LogP contribution in [0.25, 0.3) is 10.8 Å². The average molecular weight is 403 g/mol. The number of hydrogen-bond acceptors (Lipinski definition) is 4. The molecule has 0 aliphatic heterocycles. The fourth-order valence-corrected chi connectivity index (χ4v) is 3.38. The van der Waals surface area contributed by atoms with Gasteiger partial charge in [0.15, 0.2) is 0 Å². The van der Waals surface area contributed by atoms with E-state index in [0.717, 1.165) is 42.6 Å². The van der Waals surface area contributed by atoms with Gasteiger partial charge in [-0.1, -0.05) is 56.3 Å². The third kappa shape index (κ3) is 6.08. The Morgan fingerprint density at radius 1 is 0.933 bits per heavy atom. The van der Waals surface area contributed by atoms with Crippen molar-refractivity contribution in [3.05, 3.63) is 72.3 Å². The third-order valence-corrected chi connectivity index (χ3v) is 4.85. The quantitative estimate of drug-likeness (QED) is 0.369. The zero-order valence-electron chi connectivity index (χ0n) is 17.8. The SMILES string of the molecule is CCCN(CCC)c1ccc(/C=N\NC(=O)CNc2ccc3ccccc3c2)cc1. The Labute approximate surface area is 178 Å². The van der Waals surface area contributed by atoms with Crippen molar-refractivity contribution in [2.45, 2.75) is 26.7 Å². The molecule has 0 bridgehead atoms. The summed E-state index contributed by atoms with van der Waals surface area (Å²) in [4.78, 5) is 14.5. The summed E-state index contributed by atoms with van der Waals surface area (Å²) in [5.41, 5.74) is 5.66. The van der Waals surface area contributed by atoms with E-state index in [2.05, 4.69) is 58.9 Å². The van der Waals surface area contributed by atoms with Crippen LogP contribution in [0.4, 0.5) is 11.4 Å². The molecule has 3 rings (SSSR count). The van der Waals surface area contributed by atoms with Crippen LogP contribution in [0.2, 0.25) is 0 Å². The van der Waals surface area contributed by atoms with Crippen molar-refractivity contribution in [2.75, 3.05) is 29.9 Å². The molecular formula is C25H30N4O. The van der Waals surface area contributed by atoms with Crippen molar-refractivity contribution in [3.8, 4) is 0 Å². The number of carbonyl (C=O) groups excluding carboxylic acids is 1. The smallest absolute Gasteiger partial charge is 0.259 e. The lowest BCUT2D eigenvalue weighted by molar-refractivity contribution is -0.119. The predicted molar refractivity (Wildman–Crippen MR) is 127 cm³/mol. The highest BCUT2D eigenvalue weighted by Gasteiger charge is 2.04. The van der Waals surface area contributed by atoms with E-state index in [-0.39, 0.29) is 12.5 Å². The molecule has 0 spiro atoms. The molecule has 0 aromatic heterocycles. The predicted octanol–water partition coefficient (Wildman–Crippen LogP) is 5.03. The van der Waals surface area contributed by atoms with Crippen molar-refractivity contribution < 1.29 is 4.79 Å². The standard InChI is InChI=1S/C25H30N4O/c1-3-15-29(16-4-2)24-13-9-20(10-14-24)18-27-28-25(30)19-26-23-12-11-21-7-5-6-8-22(21)17-23/h5-14,17-18,26H,3-4,15-16,19H2,1-2H3,(H,28,30)/b27-18-. The van der Waals surface area contributed by atoms with E-state index in [1.807, 2.05) is 42.5 Å². The van der Waals surface area contributed by atoms with Crippen LogP contribution < -0.4 is 15.6 Å². The number of hydrazone groups is 1. The van der Waals surface area contributed by atoms with Gasteiger partial charge in [0.2, 0.25) is 0 Å². The molecule has 0 heterocycles. The second kappa shape index (κ2) is 11.0. The lowest BCUT2D eigenvalue weighted by atomic mass is 10.1. The molecule has 0 atom stereocenters. The molecule has 5 nitrogen and oxygen atoms in total. The van der Waals surface area contributed by atoms with Crippen LogP contribution >= 0.6 is 0 Å². The van der Waals surface area contributed by atoms with Gasteiger partial charge in [-0.25, -0.2) is 5.43 Å². The zero-order chi connectivity index (χ0) is 21.2. The molecule has 5 heteroatoms. The van der Waals surface area contributed by atoms with Gasteiger partial charge in [0.25, 0.3) is 5.91 Å². The molecule has 1 amide bonds. The second-order valence-electron chi connectivity index (χ2n) is 7.29. The van der Waals surface area contributed by atoms with Crippen molar-refractivity contribution in [1.29, 1.82) is 0 Å². The number of fused-ring (bicyclic) bond motifs is 1. The van der Waals surface area contributed by atoms with E-state index < -0.39 is 0 Å². The fourth-order valence-electron chi connectivity index (χ4n) is 3.38. The Morgan fingerprint density at radius 2 is 1.63 bits per heavy atom. The second-order valence-corrected chi connectivity index (χ2v) is 7.29. The van der Waals surface area contributed by atoms with E-state index in [1.54, 1.807) is 6.21 Å². The molecule has 0 fully saturated rings. The monoisotopic (exact) mass is 402 g/mol. The van der Waals surface area contributed by atoms with Crippen molar-refractivity contribution in [1.82, 2.24) is 5.43 Å². The molecule has 0 radical (unpaired) electrons. The highest BCUT2D eigenvalue weighted by atomic mass is 16.2. The van der Waals surface area contributed by atoms with Crippen LogP contribution in [-0.2, 0) is 4.79 Å². The van der Waals surface area contributed by atoms with Crippen LogP contribution in [-0.4, -0.2) is 31.8 Å². The summed E-state index contributed by atoms with van der Waals surface area (Å²) >= 11 is 0. The van der Waals surface area contributed by atoms with Crippen molar-refractivity contribution in [2.24, 2.45) is 5.10 Å². The minimum atomic E-state index is -0.187. The summed E-state index contributed by atoms with van der Waals surface area (Å²) in [5, 5.41) is 9.53. The Balaban J connectivity index is 1.48. The first-order chi connectivity index (χ1) is 14.7. The van der Waals surface area contributed by atoms with Crippen LogP contribution in [0.3, 0.4) is 0 Å². The number of amides is 1. The Bertz CT molecular complexity index is 976. The summed E-state index contributed by atoms with van der Waals surface area (Å²) < 4.78 is 0. The minimum absolute atomic E-state index is 0.164. The molecule has 3 aromatic rings. The molecular weight excluding hydrogens is 372 g/mol. The first-order valence-electron chi connectivity index (χ1n) is 10.6. The Morgan fingerprint density at radius 3 is 2.33 bits per heavy atom. The fraction of sp³-hybridized carbons (Fsp3) is 0.280. The molecule has 0 saturated heterocycles. The van der Waals surface area contributed by atoms with Gasteiger partial charge < -0.3 is 10.2 Å². The summed E-state index contributed by atoms with van der Waals surface area (Å²) in [5.74, 6) is -0.187. The zero-order valence-corrected chi connectivity index (χ0v) is 17.8. The van der Waals surface area contributed by atoms with Crippen LogP contribution in [0.15, 0.2) is 71.8 Å². The number of benzene rings is 3. The number of nitrogens with one attached hydrogen (secondary N) is 2. The van der Waals surface area contributed by atoms with Gasteiger partial charge >= 0.3 is 0 Å². The van der Waals surface area contributed by atoms with Gasteiger partial charge in [-0.05, 0) is 53.4 Å². The summed E-state index contributed by atoms with van der Waals surface area (Å²) in [6.07, 6.45) is 3.92. The van der Waals surface area contributed by atoms with Crippen molar-refractivity contribution in [3.63, 3.8) is 0 Å². The first-order valence-corrected chi connectivity index (χ1v) is 10.6. The number of rotatable bonds is 10. The Hall–Kier alpha value is -3.34. The van der Waals surface area contributed by atoms with E-state index in [9.17, 15) is 4.79 Å². The van der Waals surface area contributed by atoms with Gasteiger partial charge in [0, 0.05) is 24.5 Å². The minimum Gasteiger partial charge on any atom is -0.376 e. The van der Waals surface area contributed by atoms with Crippen LogP contribution in [0.5, 0.6) is 0 Å². The third-order valence-electron chi connectivity index (χ3n) is 4.85. The maximum absolute atomic E-state index is 12.1. The van der Waals surface area contributed by atoms with E-state index >= 15 is 0 Å². The lowest BCUT2D eigenvalue weighted by Gasteiger charge is -2.23. The van der Waals surface area contributed by atoms with Gasteiger partial charge in [-0.15, -0.1) is 0 Å². The molecule has 0 unspecified atom stereocenters. The highest BCUT2D eigenvalue weighted by molar-refractivity contribution is 5.87. The number of anilines is 2. The van der Waals surface area contributed by atoms with Gasteiger partial charge in [-0.3, -0.25) is 4.79 Å². The maximum Gasteiger partial charge on any atom is 0.259 e. The lowest BCUT2D eigenvalue weighted by Crippen LogP contribution is -2.26. The summed E-state index contributed by atoms with van der Waals surface area (Å²) in [6.45, 7) is 6.67. The molecule has 0 aliphatic carbocycles. The van der Waals surface area contributed by atoms with Crippen molar-refractivity contribution >= 4 is 34.3 Å². The van der Waals surface area contributed by atoms with Gasteiger partial charge in [-0.2, -0.15) is 5.10 Å². The molecule has 3 aromatic carbocycles. The average Bonchev–Trinajstić information content (AvgIpc) is 2.78. The topological polar surface area (TPSA) is 56.7 Å². The Kier molecular flexibility index (Phi) is 7.84. The van der Waals surface area contributed by atoms with Gasteiger partial charge in [0.1, 0.15) is 0 Å². The molecule has 0 saturated carbocycles. The van der Waals surface area contributed by atoms with E-state index in [0.29, 0.717) is 0 Å².